The van der Waals surface area contributed by atoms with E-state index in [4.69, 9.17) is 0 Å². The Bertz CT molecular complexity index is 827. The van der Waals surface area contributed by atoms with E-state index in [0.717, 1.165) is 51.3 Å². The second-order valence-corrected chi connectivity index (χ2v) is 8.62. The van der Waals surface area contributed by atoms with Gasteiger partial charge in [-0.2, -0.15) is 0 Å². The lowest BCUT2D eigenvalue weighted by molar-refractivity contribution is 0.0682. The Labute approximate surface area is 174 Å². The van der Waals surface area contributed by atoms with Gasteiger partial charge in [0.25, 0.3) is 5.91 Å². The van der Waals surface area contributed by atoms with E-state index in [1.165, 1.54) is 17.7 Å². The number of carbonyl (C=O) groups excluding carboxylic acids is 1. The normalized spacial score (nSPS) is 20.6. The quantitative estimate of drug-likeness (QED) is 0.841. The summed E-state index contributed by atoms with van der Waals surface area (Å²) in [6.07, 6.45) is 6.25. The molecule has 1 atom stereocenters. The molecule has 0 spiro atoms. The minimum Gasteiger partial charge on any atom is -0.382 e. The third-order valence-corrected chi connectivity index (χ3v) is 6.26. The minimum absolute atomic E-state index is 0.122. The van der Waals surface area contributed by atoms with E-state index in [1.54, 1.807) is 6.20 Å². The molecular weight excluding hydrogens is 360 g/mol. The summed E-state index contributed by atoms with van der Waals surface area (Å²) >= 11 is 0. The first-order valence-corrected chi connectivity index (χ1v) is 10.9. The average molecular weight is 393 g/mol. The van der Waals surface area contributed by atoms with E-state index in [1.807, 2.05) is 17.0 Å². The number of hydrogen-bond acceptors (Lipinski definition) is 4. The summed E-state index contributed by atoms with van der Waals surface area (Å²) in [7, 11) is 0. The molecule has 2 saturated heterocycles. The van der Waals surface area contributed by atoms with Gasteiger partial charge in [-0.1, -0.05) is 25.1 Å². The molecule has 0 aliphatic carbocycles. The molecule has 2 aromatic rings. The van der Waals surface area contributed by atoms with E-state index < -0.39 is 0 Å². The number of aryl methyl sites for hydroxylation is 1. The van der Waals surface area contributed by atoms with Gasteiger partial charge in [0.1, 0.15) is 5.82 Å². The van der Waals surface area contributed by atoms with Crippen molar-refractivity contribution in [2.45, 2.75) is 45.6 Å². The molecule has 1 amide bonds. The highest BCUT2D eigenvalue weighted by Crippen LogP contribution is 2.23. The van der Waals surface area contributed by atoms with Gasteiger partial charge in [0, 0.05) is 44.1 Å². The van der Waals surface area contributed by atoms with Crippen LogP contribution in [-0.2, 0) is 0 Å². The van der Waals surface area contributed by atoms with Gasteiger partial charge in [0.2, 0.25) is 0 Å². The molecule has 3 heterocycles. The molecular formula is C24H32N4O. The summed E-state index contributed by atoms with van der Waals surface area (Å²) in [5.41, 5.74) is 3.23. The molecule has 1 N–H and O–H groups in total. The van der Waals surface area contributed by atoms with Crippen LogP contribution < -0.4 is 10.2 Å². The van der Waals surface area contributed by atoms with E-state index in [0.29, 0.717) is 17.5 Å². The lowest BCUT2D eigenvalue weighted by Gasteiger charge is -2.34. The number of anilines is 2. The molecule has 154 valence electrons. The van der Waals surface area contributed by atoms with Gasteiger partial charge < -0.3 is 15.1 Å². The Balaban J connectivity index is 1.32. The van der Waals surface area contributed by atoms with Crippen LogP contribution in [0.3, 0.4) is 0 Å². The predicted octanol–water partition coefficient (Wildman–Crippen LogP) is 4.34. The molecule has 1 aromatic carbocycles. The van der Waals surface area contributed by atoms with Crippen molar-refractivity contribution < 1.29 is 4.79 Å². The largest absolute Gasteiger partial charge is 0.382 e. The monoisotopic (exact) mass is 392 g/mol. The topological polar surface area (TPSA) is 48.5 Å². The second kappa shape index (κ2) is 8.85. The Morgan fingerprint density at radius 1 is 1.07 bits per heavy atom. The highest BCUT2D eigenvalue weighted by Gasteiger charge is 2.23. The molecule has 5 nitrogen and oxygen atoms in total. The summed E-state index contributed by atoms with van der Waals surface area (Å²) in [5.74, 6) is 1.69. The van der Waals surface area contributed by atoms with E-state index in [9.17, 15) is 4.79 Å². The maximum Gasteiger partial charge on any atom is 0.255 e. The number of aromatic nitrogens is 1. The lowest BCUT2D eigenvalue weighted by atomic mass is 10.00. The van der Waals surface area contributed by atoms with Crippen molar-refractivity contribution in [2.24, 2.45) is 5.92 Å². The summed E-state index contributed by atoms with van der Waals surface area (Å²) in [4.78, 5) is 21.7. The fraction of sp³-hybridized carbons (Fsp3) is 0.500. The van der Waals surface area contributed by atoms with E-state index >= 15 is 0 Å². The number of amides is 1. The number of rotatable bonds is 4. The third-order valence-electron chi connectivity index (χ3n) is 6.26. The number of hydrogen-bond donors (Lipinski definition) is 1. The van der Waals surface area contributed by atoms with Crippen molar-refractivity contribution in [1.29, 1.82) is 0 Å². The number of nitrogens with one attached hydrogen (secondary N) is 1. The number of carbonyl (C=O) groups is 1. The fourth-order valence-electron chi connectivity index (χ4n) is 4.46. The maximum absolute atomic E-state index is 12.7. The van der Waals surface area contributed by atoms with Gasteiger partial charge in [-0.3, -0.25) is 4.79 Å². The smallest absolute Gasteiger partial charge is 0.255 e. The molecule has 2 fully saturated rings. The van der Waals surface area contributed by atoms with Crippen LogP contribution in [0, 0.1) is 12.8 Å². The van der Waals surface area contributed by atoms with Crippen LogP contribution >= 0.6 is 0 Å². The molecule has 1 unspecified atom stereocenters. The number of likely N-dealkylation sites (tertiary alicyclic amines) is 1. The zero-order valence-corrected chi connectivity index (χ0v) is 17.6. The molecule has 4 rings (SSSR count). The van der Waals surface area contributed by atoms with Gasteiger partial charge in [-0.15, -0.1) is 0 Å². The molecule has 1 aromatic heterocycles. The number of para-hydroxylation sites is 1. The third kappa shape index (κ3) is 4.72. The first-order valence-electron chi connectivity index (χ1n) is 10.9. The van der Waals surface area contributed by atoms with Crippen LogP contribution in [-0.4, -0.2) is 48.0 Å². The summed E-state index contributed by atoms with van der Waals surface area (Å²) < 4.78 is 0. The SMILES string of the molecule is Cc1ccccc1NC1CCN(c2ccc(C(=O)N3CCCC(C)C3)cn2)CC1. The van der Waals surface area contributed by atoms with Crippen molar-refractivity contribution in [3.05, 3.63) is 53.7 Å². The summed E-state index contributed by atoms with van der Waals surface area (Å²) in [6, 6.07) is 12.9. The maximum atomic E-state index is 12.7. The Kier molecular flexibility index (Phi) is 6.02. The molecule has 0 bridgehead atoms. The van der Waals surface area contributed by atoms with Gasteiger partial charge >= 0.3 is 0 Å². The first-order chi connectivity index (χ1) is 14.1. The van der Waals surface area contributed by atoms with Crippen molar-refractivity contribution in [3.63, 3.8) is 0 Å². The standard InChI is InChI=1S/C24H32N4O/c1-18-6-5-13-28(17-18)24(29)20-9-10-23(25-16-20)27-14-11-21(12-15-27)26-22-8-4-3-7-19(22)2/h3-4,7-10,16,18,21,26H,5-6,11-15,17H2,1-2H3. The summed E-state index contributed by atoms with van der Waals surface area (Å²) in [6.45, 7) is 8.06. The molecule has 0 saturated carbocycles. The van der Waals surface area contributed by atoms with Crippen molar-refractivity contribution in [3.8, 4) is 0 Å². The van der Waals surface area contributed by atoms with Crippen molar-refractivity contribution in [2.75, 3.05) is 36.4 Å². The average Bonchev–Trinajstić information content (AvgIpc) is 2.75. The molecule has 5 heteroatoms. The van der Waals surface area contributed by atoms with Gasteiger partial charge in [0.15, 0.2) is 0 Å². The van der Waals surface area contributed by atoms with Crippen LogP contribution in [0.2, 0.25) is 0 Å². The highest BCUT2D eigenvalue weighted by molar-refractivity contribution is 5.94. The van der Waals surface area contributed by atoms with Crippen LogP contribution in [0.15, 0.2) is 42.6 Å². The minimum atomic E-state index is 0.122. The second-order valence-electron chi connectivity index (χ2n) is 8.62. The Hall–Kier alpha value is -2.56. The van der Waals surface area contributed by atoms with Gasteiger partial charge in [-0.05, 0) is 62.3 Å². The van der Waals surface area contributed by atoms with Crippen LogP contribution in [0.4, 0.5) is 11.5 Å². The molecule has 2 aliphatic heterocycles. The van der Waals surface area contributed by atoms with Gasteiger partial charge in [0.05, 0.1) is 5.56 Å². The van der Waals surface area contributed by atoms with Crippen molar-refractivity contribution in [1.82, 2.24) is 9.88 Å². The first kappa shape index (κ1) is 19.7. The number of pyridine rings is 1. The lowest BCUT2D eigenvalue weighted by Crippen LogP contribution is -2.40. The Morgan fingerprint density at radius 2 is 1.86 bits per heavy atom. The zero-order valence-electron chi connectivity index (χ0n) is 17.6. The molecule has 29 heavy (non-hydrogen) atoms. The highest BCUT2D eigenvalue weighted by atomic mass is 16.2. The predicted molar refractivity (Wildman–Crippen MR) is 119 cm³/mol. The number of nitrogens with zero attached hydrogens (tertiary/aromatic N) is 3. The summed E-state index contributed by atoms with van der Waals surface area (Å²) in [5, 5.41) is 3.69. The van der Waals surface area contributed by atoms with Gasteiger partial charge in [-0.25, -0.2) is 4.98 Å². The van der Waals surface area contributed by atoms with E-state index in [2.05, 4.69) is 53.3 Å². The fourth-order valence-corrected chi connectivity index (χ4v) is 4.46. The van der Waals surface area contributed by atoms with Crippen LogP contribution in [0.5, 0.6) is 0 Å². The van der Waals surface area contributed by atoms with Crippen molar-refractivity contribution >= 4 is 17.4 Å². The van der Waals surface area contributed by atoms with Crippen LogP contribution in [0.1, 0.15) is 48.5 Å². The van der Waals surface area contributed by atoms with Crippen LogP contribution in [0.25, 0.3) is 0 Å². The van der Waals surface area contributed by atoms with E-state index in [-0.39, 0.29) is 5.91 Å². The molecule has 2 aliphatic rings. The number of benzene rings is 1. The zero-order chi connectivity index (χ0) is 20.2. The number of piperidine rings is 2. The molecule has 0 radical (unpaired) electrons. The Morgan fingerprint density at radius 3 is 2.55 bits per heavy atom.